The lowest BCUT2D eigenvalue weighted by Gasteiger charge is -1.98. The Morgan fingerprint density at radius 1 is 1.50 bits per heavy atom. The average Bonchev–Trinajstić information content (AvgIpc) is 2.44. The SMILES string of the molecule is CCOc1sc2cc(Br)ccc2c1S. The van der Waals surface area contributed by atoms with Gasteiger partial charge in [0, 0.05) is 14.6 Å². The van der Waals surface area contributed by atoms with Gasteiger partial charge in [0.25, 0.3) is 0 Å². The maximum atomic E-state index is 5.49. The second kappa shape index (κ2) is 4.13. The molecule has 14 heavy (non-hydrogen) atoms. The number of thiol groups is 1. The summed E-state index contributed by atoms with van der Waals surface area (Å²) in [5, 5.41) is 2.06. The molecule has 0 saturated heterocycles. The summed E-state index contributed by atoms with van der Waals surface area (Å²) in [6.07, 6.45) is 0. The summed E-state index contributed by atoms with van der Waals surface area (Å²) in [5.41, 5.74) is 0. The van der Waals surface area contributed by atoms with E-state index >= 15 is 0 Å². The van der Waals surface area contributed by atoms with E-state index in [4.69, 9.17) is 4.74 Å². The Hall–Kier alpha value is -0.190. The number of ether oxygens (including phenoxy) is 1. The third-order valence-corrected chi connectivity index (χ3v) is 4.02. The minimum Gasteiger partial charge on any atom is -0.483 e. The van der Waals surface area contributed by atoms with Gasteiger partial charge in [-0.1, -0.05) is 33.3 Å². The average molecular weight is 289 g/mol. The van der Waals surface area contributed by atoms with Crippen LogP contribution in [0.15, 0.2) is 27.6 Å². The number of thiophene rings is 1. The van der Waals surface area contributed by atoms with Crippen molar-refractivity contribution in [2.45, 2.75) is 11.8 Å². The molecular weight excluding hydrogens is 280 g/mol. The van der Waals surface area contributed by atoms with Gasteiger partial charge in [-0.3, -0.25) is 0 Å². The molecule has 0 unspecified atom stereocenters. The van der Waals surface area contributed by atoms with Gasteiger partial charge in [-0.25, -0.2) is 0 Å². The van der Waals surface area contributed by atoms with E-state index in [0.29, 0.717) is 6.61 Å². The fourth-order valence-electron chi connectivity index (χ4n) is 1.26. The summed E-state index contributed by atoms with van der Waals surface area (Å²) in [5.74, 6) is 0. The van der Waals surface area contributed by atoms with Gasteiger partial charge in [0.2, 0.25) is 0 Å². The number of benzene rings is 1. The van der Waals surface area contributed by atoms with Crippen LogP contribution in [0.3, 0.4) is 0 Å². The van der Waals surface area contributed by atoms with E-state index in [2.05, 4.69) is 40.7 Å². The van der Waals surface area contributed by atoms with Crippen molar-refractivity contribution in [2.75, 3.05) is 6.61 Å². The van der Waals surface area contributed by atoms with Crippen LogP contribution in [0.4, 0.5) is 0 Å². The zero-order valence-corrected chi connectivity index (χ0v) is 10.9. The molecule has 0 N–H and O–H groups in total. The van der Waals surface area contributed by atoms with Crippen molar-refractivity contribution in [1.82, 2.24) is 0 Å². The van der Waals surface area contributed by atoms with Crippen LogP contribution in [-0.2, 0) is 0 Å². The highest BCUT2D eigenvalue weighted by Crippen LogP contribution is 2.40. The third kappa shape index (κ3) is 1.78. The quantitative estimate of drug-likeness (QED) is 0.809. The van der Waals surface area contributed by atoms with Crippen LogP contribution < -0.4 is 4.74 Å². The van der Waals surface area contributed by atoms with Crippen molar-refractivity contribution < 1.29 is 4.74 Å². The summed E-state index contributed by atoms with van der Waals surface area (Å²) >= 11 is 9.53. The molecule has 1 aromatic carbocycles. The van der Waals surface area contributed by atoms with Crippen LogP contribution in [0.25, 0.3) is 10.1 Å². The first-order valence-electron chi connectivity index (χ1n) is 4.26. The first kappa shape index (κ1) is 10.3. The number of hydrogen-bond acceptors (Lipinski definition) is 3. The normalized spacial score (nSPS) is 10.8. The fourth-order valence-corrected chi connectivity index (χ4v) is 3.30. The first-order chi connectivity index (χ1) is 6.72. The summed E-state index contributed by atoms with van der Waals surface area (Å²) in [7, 11) is 0. The third-order valence-electron chi connectivity index (χ3n) is 1.87. The highest BCUT2D eigenvalue weighted by atomic mass is 79.9. The van der Waals surface area contributed by atoms with Gasteiger partial charge < -0.3 is 4.74 Å². The van der Waals surface area contributed by atoms with E-state index in [0.717, 1.165) is 19.8 Å². The zero-order valence-electron chi connectivity index (χ0n) is 7.58. The molecule has 0 atom stereocenters. The van der Waals surface area contributed by atoms with Crippen LogP contribution in [0.2, 0.25) is 0 Å². The molecule has 0 fully saturated rings. The minimum atomic E-state index is 0.682. The Morgan fingerprint density at radius 3 is 3.00 bits per heavy atom. The topological polar surface area (TPSA) is 9.23 Å². The maximum Gasteiger partial charge on any atom is 0.188 e. The lowest BCUT2D eigenvalue weighted by atomic mass is 10.3. The van der Waals surface area contributed by atoms with Crippen molar-refractivity contribution in [3.05, 3.63) is 22.7 Å². The van der Waals surface area contributed by atoms with Crippen molar-refractivity contribution in [1.29, 1.82) is 0 Å². The Balaban J connectivity index is 2.61. The number of halogens is 1. The number of rotatable bonds is 2. The lowest BCUT2D eigenvalue weighted by Crippen LogP contribution is -1.88. The molecule has 0 amide bonds. The minimum absolute atomic E-state index is 0.682. The predicted molar refractivity (Wildman–Crippen MR) is 67.9 cm³/mol. The molecule has 1 heterocycles. The molecule has 2 rings (SSSR count). The summed E-state index contributed by atoms with van der Waals surface area (Å²) in [6, 6.07) is 6.16. The standard InChI is InChI=1S/C10H9BrOS2/c1-2-12-10-9(13)7-4-3-6(11)5-8(7)14-10/h3-5,13H,2H2,1H3. The highest BCUT2D eigenvalue weighted by molar-refractivity contribution is 9.10. The maximum absolute atomic E-state index is 5.49. The Kier molecular flexibility index (Phi) is 3.04. The van der Waals surface area contributed by atoms with Crippen molar-refractivity contribution in [2.24, 2.45) is 0 Å². The van der Waals surface area contributed by atoms with E-state index < -0.39 is 0 Å². The number of hydrogen-bond donors (Lipinski definition) is 1. The summed E-state index contributed by atoms with van der Waals surface area (Å²) in [4.78, 5) is 0.944. The van der Waals surface area contributed by atoms with Crippen LogP contribution in [-0.4, -0.2) is 6.61 Å². The molecule has 0 aliphatic rings. The summed E-state index contributed by atoms with van der Waals surface area (Å²) in [6.45, 7) is 2.66. The van der Waals surface area contributed by atoms with Gasteiger partial charge in [0.1, 0.15) is 0 Å². The van der Waals surface area contributed by atoms with Gasteiger partial charge in [-0.2, -0.15) is 0 Å². The summed E-state index contributed by atoms with van der Waals surface area (Å²) < 4.78 is 7.78. The van der Waals surface area contributed by atoms with Gasteiger partial charge in [0.05, 0.1) is 11.5 Å². The van der Waals surface area contributed by atoms with E-state index in [-0.39, 0.29) is 0 Å². The highest BCUT2D eigenvalue weighted by Gasteiger charge is 2.09. The predicted octanol–water partition coefficient (Wildman–Crippen LogP) is 4.35. The lowest BCUT2D eigenvalue weighted by molar-refractivity contribution is 0.344. The molecule has 1 nitrogen and oxygen atoms in total. The molecular formula is C10H9BrOS2. The largest absolute Gasteiger partial charge is 0.483 e. The van der Waals surface area contributed by atoms with Crippen molar-refractivity contribution >= 4 is 50.0 Å². The fraction of sp³-hybridized carbons (Fsp3) is 0.200. The van der Waals surface area contributed by atoms with Crippen LogP contribution in [0.1, 0.15) is 6.92 Å². The van der Waals surface area contributed by atoms with Crippen LogP contribution >= 0.6 is 39.9 Å². The Labute approximate surface area is 101 Å². The molecule has 2 aromatic rings. The Bertz CT molecular complexity index is 464. The van der Waals surface area contributed by atoms with Gasteiger partial charge in [-0.15, -0.1) is 12.6 Å². The first-order valence-corrected chi connectivity index (χ1v) is 6.32. The Morgan fingerprint density at radius 2 is 2.29 bits per heavy atom. The van der Waals surface area contributed by atoms with E-state index in [9.17, 15) is 0 Å². The molecule has 1 aromatic heterocycles. The zero-order chi connectivity index (χ0) is 10.1. The molecule has 0 radical (unpaired) electrons. The monoisotopic (exact) mass is 288 g/mol. The molecule has 0 spiro atoms. The van der Waals surface area contributed by atoms with Gasteiger partial charge in [-0.05, 0) is 19.1 Å². The molecule has 0 aliphatic heterocycles. The second-order valence-electron chi connectivity index (χ2n) is 2.81. The van der Waals surface area contributed by atoms with Crippen LogP contribution in [0, 0.1) is 0 Å². The van der Waals surface area contributed by atoms with E-state index in [1.807, 2.05) is 13.0 Å². The van der Waals surface area contributed by atoms with Gasteiger partial charge in [0.15, 0.2) is 5.06 Å². The molecule has 0 saturated carbocycles. The molecule has 4 heteroatoms. The van der Waals surface area contributed by atoms with Crippen molar-refractivity contribution in [3.63, 3.8) is 0 Å². The second-order valence-corrected chi connectivity index (χ2v) is 5.19. The van der Waals surface area contributed by atoms with Crippen LogP contribution in [0.5, 0.6) is 5.06 Å². The van der Waals surface area contributed by atoms with Gasteiger partial charge >= 0.3 is 0 Å². The molecule has 0 bridgehead atoms. The van der Waals surface area contributed by atoms with E-state index in [1.165, 1.54) is 4.70 Å². The van der Waals surface area contributed by atoms with E-state index in [1.54, 1.807) is 11.3 Å². The molecule has 0 aliphatic carbocycles. The molecule has 74 valence electrons. The van der Waals surface area contributed by atoms with Crippen molar-refractivity contribution in [3.8, 4) is 5.06 Å². The number of fused-ring (bicyclic) bond motifs is 1. The smallest absolute Gasteiger partial charge is 0.188 e.